The Morgan fingerprint density at radius 1 is 1.55 bits per heavy atom. The van der Waals surface area contributed by atoms with Crippen molar-refractivity contribution in [3.05, 3.63) is 18.7 Å². The summed E-state index contributed by atoms with van der Waals surface area (Å²) >= 11 is 1.85. The van der Waals surface area contributed by atoms with E-state index in [-0.39, 0.29) is 0 Å². The van der Waals surface area contributed by atoms with E-state index in [0.29, 0.717) is 12.0 Å². The minimum absolute atomic E-state index is 0.477. The average molecular weight is 295 g/mol. The molecule has 0 radical (unpaired) electrons. The standard InChI is InChI=1S/C14H25N5S/c1-12-4-7-18(14(15-2)17-6-9-20-3)10-13(12)19-8-5-16-11-19/h5,8,11-13H,4,6-7,9-10H2,1-3H3,(H,15,17). The second-order valence-electron chi connectivity index (χ2n) is 5.26. The first-order valence-electron chi connectivity index (χ1n) is 7.18. The third kappa shape index (κ3) is 3.69. The molecule has 1 aromatic heterocycles. The molecule has 0 saturated carbocycles. The molecule has 6 heteroatoms. The number of aliphatic imine (C=N–C) groups is 1. The van der Waals surface area contributed by atoms with Gasteiger partial charge in [-0.1, -0.05) is 6.92 Å². The van der Waals surface area contributed by atoms with E-state index in [2.05, 4.69) is 44.1 Å². The van der Waals surface area contributed by atoms with Crippen molar-refractivity contribution in [2.24, 2.45) is 10.9 Å². The second kappa shape index (κ2) is 7.57. The van der Waals surface area contributed by atoms with E-state index < -0.39 is 0 Å². The maximum atomic E-state index is 4.42. The number of hydrogen-bond acceptors (Lipinski definition) is 3. The number of hydrogen-bond donors (Lipinski definition) is 1. The third-order valence-corrected chi connectivity index (χ3v) is 4.54. The highest BCUT2D eigenvalue weighted by atomic mass is 32.2. The molecule has 1 saturated heterocycles. The van der Waals surface area contributed by atoms with E-state index in [1.807, 2.05) is 31.3 Å². The first-order valence-corrected chi connectivity index (χ1v) is 8.57. The first-order chi connectivity index (χ1) is 9.76. The molecule has 112 valence electrons. The Hall–Kier alpha value is -1.17. The summed E-state index contributed by atoms with van der Waals surface area (Å²) in [5.74, 6) is 2.80. The molecular formula is C14H25N5S. The van der Waals surface area contributed by atoms with E-state index in [1.54, 1.807) is 0 Å². The molecule has 2 rings (SSSR count). The number of likely N-dealkylation sites (tertiary alicyclic amines) is 1. The average Bonchev–Trinajstić information content (AvgIpc) is 2.99. The molecule has 2 atom stereocenters. The lowest BCUT2D eigenvalue weighted by molar-refractivity contribution is 0.189. The van der Waals surface area contributed by atoms with Gasteiger partial charge >= 0.3 is 0 Å². The fraction of sp³-hybridized carbons (Fsp3) is 0.714. The summed E-state index contributed by atoms with van der Waals surface area (Å²) in [6.45, 7) is 5.36. The normalized spacial score (nSPS) is 23.9. The van der Waals surface area contributed by atoms with E-state index in [0.717, 1.165) is 31.3 Å². The predicted octanol–water partition coefficient (Wildman–Crippen LogP) is 1.70. The zero-order chi connectivity index (χ0) is 14.4. The van der Waals surface area contributed by atoms with Gasteiger partial charge in [-0.2, -0.15) is 11.8 Å². The fourth-order valence-electron chi connectivity index (χ4n) is 2.69. The van der Waals surface area contributed by atoms with Gasteiger partial charge in [-0.3, -0.25) is 4.99 Å². The molecule has 1 aromatic rings. The Morgan fingerprint density at radius 3 is 3.05 bits per heavy atom. The van der Waals surface area contributed by atoms with E-state index in [4.69, 9.17) is 0 Å². The fourth-order valence-corrected chi connectivity index (χ4v) is 3.00. The monoisotopic (exact) mass is 295 g/mol. The molecule has 20 heavy (non-hydrogen) atoms. The van der Waals surface area contributed by atoms with Gasteiger partial charge in [-0.05, 0) is 18.6 Å². The zero-order valence-electron chi connectivity index (χ0n) is 12.6. The van der Waals surface area contributed by atoms with Crippen LogP contribution in [0.4, 0.5) is 0 Å². The van der Waals surface area contributed by atoms with Gasteiger partial charge in [0, 0.05) is 44.8 Å². The molecule has 0 spiro atoms. The van der Waals surface area contributed by atoms with Crippen LogP contribution in [0.5, 0.6) is 0 Å². The topological polar surface area (TPSA) is 45.5 Å². The number of aromatic nitrogens is 2. The van der Waals surface area contributed by atoms with Crippen LogP contribution in [0.2, 0.25) is 0 Å². The lowest BCUT2D eigenvalue weighted by Gasteiger charge is -2.39. The van der Waals surface area contributed by atoms with Crippen molar-refractivity contribution < 1.29 is 0 Å². The van der Waals surface area contributed by atoms with Crippen molar-refractivity contribution in [3.63, 3.8) is 0 Å². The Labute approximate surface area is 125 Å². The van der Waals surface area contributed by atoms with E-state index in [9.17, 15) is 0 Å². The number of nitrogens with zero attached hydrogens (tertiary/aromatic N) is 4. The summed E-state index contributed by atoms with van der Waals surface area (Å²) < 4.78 is 2.23. The van der Waals surface area contributed by atoms with Crippen molar-refractivity contribution >= 4 is 17.7 Å². The van der Waals surface area contributed by atoms with Crippen LogP contribution in [0.3, 0.4) is 0 Å². The van der Waals surface area contributed by atoms with Crippen molar-refractivity contribution in [1.29, 1.82) is 0 Å². The molecule has 0 bridgehead atoms. The molecule has 0 aliphatic carbocycles. The molecule has 0 amide bonds. The van der Waals surface area contributed by atoms with Gasteiger partial charge in [0.2, 0.25) is 0 Å². The highest BCUT2D eigenvalue weighted by Gasteiger charge is 2.28. The number of piperidine rings is 1. The molecule has 1 N–H and O–H groups in total. The highest BCUT2D eigenvalue weighted by Crippen LogP contribution is 2.27. The molecular weight excluding hydrogens is 270 g/mol. The van der Waals surface area contributed by atoms with Crippen LogP contribution in [0.15, 0.2) is 23.7 Å². The molecule has 1 fully saturated rings. The second-order valence-corrected chi connectivity index (χ2v) is 6.24. The first kappa shape index (κ1) is 15.2. The Kier molecular flexibility index (Phi) is 5.76. The predicted molar refractivity (Wildman–Crippen MR) is 86.4 cm³/mol. The van der Waals surface area contributed by atoms with Crippen LogP contribution in [0, 0.1) is 5.92 Å². The Balaban J connectivity index is 1.98. The summed E-state index contributed by atoms with van der Waals surface area (Å²) in [5.41, 5.74) is 0. The van der Waals surface area contributed by atoms with Crippen molar-refractivity contribution in [3.8, 4) is 0 Å². The summed E-state index contributed by atoms with van der Waals surface area (Å²) in [4.78, 5) is 11.0. The van der Waals surface area contributed by atoms with Gasteiger partial charge in [-0.25, -0.2) is 4.98 Å². The summed E-state index contributed by atoms with van der Waals surface area (Å²) in [7, 11) is 1.87. The van der Waals surface area contributed by atoms with E-state index in [1.165, 1.54) is 6.42 Å². The van der Waals surface area contributed by atoms with Crippen LogP contribution >= 0.6 is 11.8 Å². The SMILES string of the molecule is CN=C(NCCSC)N1CCC(C)C(n2ccnc2)C1. The third-order valence-electron chi connectivity index (χ3n) is 3.93. The van der Waals surface area contributed by atoms with Crippen LogP contribution in [0.1, 0.15) is 19.4 Å². The molecule has 2 unspecified atom stereocenters. The summed E-state index contributed by atoms with van der Waals surface area (Å²) in [6.07, 6.45) is 9.16. The van der Waals surface area contributed by atoms with Crippen molar-refractivity contribution in [2.75, 3.05) is 38.7 Å². The largest absolute Gasteiger partial charge is 0.355 e. The molecule has 1 aliphatic rings. The summed E-state index contributed by atoms with van der Waals surface area (Å²) in [5, 5.41) is 3.45. The van der Waals surface area contributed by atoms with E-state index >= 15 is 0 Å². The lowest BCUT2D eigenvalue weighted by Crippen LogP contribution is -2.49. The Bertz CT molecular complexity index is 417. The molecule has 5 nitrogen and oxygen atoms in total. The Morgan fingerprint density at radius 2 is 2.40 bits per heavy atom. The number of imidazole rings is 1. The minimum Gasteiger partial charge on any atom is -0.355 e. The number of nitrogens with one attached hydrogen (secondary N) is 1. The van der Waals surface area contributed by atoms with Gasteiger partial charge < -0.3 is 14.8 Å². The molecule has 2 heterocycles. The van der Waals surface area contributed by atoms with Crippen molar-refractivity contribution in [1.82, 2.24) is 19.8 Å². The van der Waals surface area contributed by atoms with Gasteiger partial charge in [0.25, 0.3) is 0 Å². The quantitative estimate of drug-likeness (QED) is 0.522. The van der Waals surface area contributed by atoms with Crippen molar-refractivity contribution in [2.45, 2.75) is 19.4 Å². The van der Waals surface area contributed by atoms with Crippen LogP contribution < -0.4 is 5.32 Å². The summed E-state index contributed by atoms with van der Waals surface area (Å²) in [6, 6.07) is 0.477. The van der Waals surface area contributed by atoms with Gasteiger partial charge in [0.05, 0.1) is 12.4 Å². The van der Waals surface area contributed by atoms with Gasteiger partial charge in [0.15, 0.2) is 5.96 Å². The number of guanidine groups is 1. The molecule has 0 aromatic carbocycles. The number of thioether (sulfide) groups is 1. The smallest absolute Gasteiger partial charge is 0.193 e. The van der Waals surface area contributed by atoms with Gasteiger partial charge in [0.1, 0.15) is 0 Å². The van der Waals surface area contributed by atoms with Crippen LogP contribution in [0.25, 0.3) is 0 Å². The lowest BCUT2D eigenvalue weighted by atomic mass is 9.93. The highest BCUT2D eigenvalue weighted by molar-refractivity contribution is 7.98. The maximum absolute atomic E-state index is 4.42. The minimum atomic E-state index is 0.477. The number of rotatable bonds is 4. The van der Waals surface area contributed by atoms with Crippen LogP contribution in [-0.4, -0.2) is 59.1 Å². The van der Waals surface area contributed by atoms with Gasteiger partial charge in [-0.15, -0.1) is 0 Å². The zero-order valence-corrected chi connectivity index (χ0v) is 13.4. The molecule has 1 aliphatic heterocycles. The maximum Gasteiger partial charge on any atom is 0.193 e. The van der Waals surface area contributed by atoms with Crippen LogP contribution in [-0.2, 0) is 0 Å².